The van der Waals surface area contributed by atoms with E-state index in [1.54, 1.807) is 6.08 Å². The van der Waals surface area contributed by atoms with Gasteiger partial charge >= 0.3 is 0 Å². The average molecular weight is 143 g/mol. The summed E-state index contributed by atoms with van der Waals surface area (Å²) < 4.78 is 0. The normalized spacial score (nSPS) is 10.2. The summed E-state index contributed by atoms with van der Waals surface area (Å²) in [6.45, 7) is 2.08. The van der Waals surface area contributed by atoms with Gasteiger partial charge in [0.1, 0.15) is 0 Å². The minimum Gasteiger partial charge on any atom is -0.288 e. The lowest BCUT2D eigenvalue weighted by Crippen LogP contribution is -2.14. The van der Waals surface area contributed by atoms with Crippen LogP contribution in [0.15, 0.2) is 12.2 Å². The quantitative estimate of drug-likeness (QED) is 0.269. The number of allylic oxidation sites excluding steroid dienone is 1. The fourth-order valence-electron chi connectivity index (χ4n) is 0.550. The van der Waals surface area contributed by atoms with Crippen LogP contribution in [0.2, 0.25) is 0 Å². The van der Waals surface area contributed by atoms with E-state index in [-0.39, 0.29) is 0 Å². The van der Waals surface area contributed by atoms with Gasteiger partial charge in [-0.1, -0.05) is 25.8 Å². The Bertz CT molecular complexity index is 121. The lowest BCUT2D eigenvalue weighted by Gasteiger charge is -1.88. The smallest absolute Gasteiger partial charge is 0.267 e. The van der Waals surface area contributed by atoms with Gasteiger partial charge in [-0.25, -0.2) is 5.48 Å². The van der Waals surface area contributed by atoms with Crippen LogP contribution in [-0.2, 0) is 4.79 Å². The van der Waals surface area contributed by atoms with Crippen molar-refractivity contribution >= 4 is 5.91 Å². The fourth-order valence-corrected chi connectivity index (χ4v) is 0.550. The number of carbonyl (C=O) groups is 1. The molecule has 0 radical (unpaired) electrons. The second kappa shape index (κ2) is 6.29. The summed E-state index contributed by atoms with van der Waals surface area (Å²) in [5.41, 5.74) is 1.52. The minimum absolute atomic E-state index is 0.462. The highest BCUT2D eigenvalue weighted by atomic mass is 16.5. The van der Waals surface area contributed by atoms with E-state index in [0.29, 0.717) is 0 Å². The Morgan fingerprint density at radius 1 is 1.70 bits per heavy atom. The van der Waals surface area contributed by atoms with Crippen LogP contribution < -0.4 is 5.48 Å². The summed E-state index contributed by atoms with van der Waals surface area (Å²) in [7, 11) is 0. The molecule has 0 spiro atoms. The number of rotatable bonds is 4. The maximum absolute atomic E-state index is 10.3. The lowest BCUT2D eigenvalue weighted by atomic mass is 10.2. The molecule has 3 nitrogen and oxygen atoms in total. The van der Waals surface area contributed by atoms with Crippen molar-refractivity contribution in [1.82, 2.24) is 5.48 Å². The van der Waals surface area contributed by atoms with E-state index >= 15 is 0 Å². The van der Waals surface area contributed by atoms with Crippen LogP contribution in [-0.4, -0.2) is 11.1 Å². The van der Waals surface area contributed by atoms with E-state index < -0.39 is 5.91 Å². The maximum atomic E-state index is 10.3. The van der Waals surface area contributed by atoms with Crippen molar-refractivity contribution in [2.75, 3.05) is 0 Å². The topological polar surface area (TPSA) is 49.3 Å². The van der Waals surface area contributed by atoms with Crippen LogP contribution in [0.3, 0.4) is 0 Å². The highest BCUT2D eigenvalue weighted by molar-refractivity contribution is 5.86. The molecule has 0 saturated carbocycles. The first kappa shape index (κ1) is 9.17. The Morgan fingerprint density at radius 2 is 2.40 bits per heavy atom. The first-order valence-corrected chi connectivity index (χ1v) is 3.42. The van der Waals surface area contributed by atoms with Gasteiger partial charge < -0.3 is 0 Å². The Labute approximate surface area is 60.7 Å². The molecule has 0 bridgehead atoms. The molecule has 0 atom stereocenters. The molecule has 0 unspecified atom stereocenters. The summed E-state index contributed by atoms with van der Waals surface area (Å²) in [5.74, 6) is -0.462. The summed E-state index contributed by atoms with van der Waals surface area (Å²) in [5, 5.41) is 8.04. The molecule has 10 heavy (non-hydrogen) atoms. The van der Waals surface area contributed by atoms with E-state index in [2.05, 4.69) is 6.92 Å². The molecular formula is C7H13NO2. The number of amides is 1. The predicted molar refractivity (Wildman–Crippen MR) is 38.6 cm³/mol. The van der Waals surface area contributed by atoms with E-state index in [9.17, 15) is 4.79 Å². The molecule has 0 fully saturated rings. The molecule has 0 aromatic rings. The molecule has 0 aliphatic rings. The summed E-state index contributed by atoms with van der Waals surface area (Å²) >= 11 is 0. The third-order valence-electron chi connectivity index (χ3n) is 1.10. The maximum Gasteiger partial charge on any atom is 0.267 e. The Morgan fingerprint density at radius 3 is 2.90 bits per heavy atom. The molecule has 3 heteroatoms. The largest absolute Gasteiger partial charge is 0.288 e. The van der Waals surface area contributed by atoms with Crippen LogP contribution in [0.25, 0.3) is 0 Å². The molecule has 58 valence electrons. The molecule has 0 aliphatic heterocycles. The monoisotopic (exact) mass is 143 g/mol. The van der Waals surface area contributed by atoms with E-state index in [4.69, 9.17) is 5.21 Å². The molecule has 0 heterocycles. The average Bonchev–Trinajstić information content (AvgIpc) is 1.98. The first-order chi connectivity index (χ1) is 4.81. The number of carbonyl (C=O) groups excluding carboxylic acids is 1. The summed E-state index contributed by atoms with van der Waals surface area (Å²) in [6, 6.07) is 0. The van der Waals surface area contributed by atoms with Crippen molar-refractivity contribution in [2.45, 2.75) is 26.2 Å². The number of hydroxylamine groups is 1. The second-order valence-electron chi connectivity index (χ2n) is 2.02. The molecule has 1 amide bonds. The molecule has 0 aromatic carbocycles. The number of nitrogens with one attached hydrogen (secondary N) is 1. The van der Waals surface area contributed by atoms with Crippen molar-refractivity contribution in [1.29, 1.82) is 0 Å². The van der Waals surface area contributed by atoms with Gasteiger partial charge in [-0.15, -0.1) is 0 Å². The molecule has 0 rings (SSSR count). The van der Waals surface area contributed by atoms with E-state index in [1.807, 2.05) is 0 Å². The van der Waals surface area contributed by atoms with Crippen molar-refractivity contribution in [3.8, 4) is 0 Å². The van der Waals surface area contributed by atoms with E-state index in [1.165, 1.54) is 11.6 Å². The van der Waals surface area contributed by atoms with Crippen molar-refractivity contribution < 1.29 is 10.0 Å². The molecule has 0 aliphatic carbocycles. The minimum atomic E-state index is -0.462. The SMILES string of the molecule is CCCCC=CC(=O)NO. The zero-order valence-corrected chi connectivity index (χ0v) is 6.13. The van der Waals surface area contributed by atoms with E-state index in [0.717, 1.165) is 19.3 Å². The summed E-state index contributed by atoms with van der Waals surface area (Å²) in [4.78, 5) is 10.3. The standard InChI is InChI=1S/C7H13NO2/c1-2-3-4-5-6-7(9)8-10/h5-6,10H,2-4H2,1H3,(H,8,9). The highest BCUT2D eigenvalue weighted by Gasteiger charge is 1.86. The first-order valence-electron chi connectivity index (χ1n) is 3.42. The van der Waals surface area contributed by atoms with Crippen molar-refractivity contribution in [2.24, 2.45) is 0 Å². The third kappa shape index (κ3) is 5.31. The molecular weight excluding hydrogens is 130 g/mol. The van der Waals surface area contributed by atoms with Gasteiger partial charge in [0.05, 0.1) is 0 Å². The lowest BCUT2D eigenvalue weighted by molar-refractivity contribution is -0.124. The third-order valence-corrected chi connectivity index (χ3v) is 1.10. The van der Waals surface area contributed by atoms with Gasteiger partial charge in [0.2, 0.25) is 0 Å². The molecule has 0 saturated heterocycles. The zero-order chi connectivity index (χ0) is 7.82. The molecule has 0 aromatic heterocycles. The Hall–Kier alpha value is -0.830. The number of hydrogen-bond donors (Lipinski definition) is 2. The number of unbranched alkanes of at least 4 members (excludes halogenated alkanes) is 2. The fraction of sp³-hybridized carbons (Fsp3) is 0.571. The van der Waals surface area contributed by atoms with Crippen molar-refractivity contribution in [3.05, 3.63) is 12.2 Å². The van der Waals surface area contributed by atoms with Crippen LogP contribution in [0.1, 0.15) is 26.2 Å². The Balaban J connectivity index is 3.27. The van der Waals surface area contributed by atoms with Gasteiger partial charge in [0.15, 0.2) is 0 Å². The van der Waals surface area contributed by atoms with Gasteiger partial charge in [-0.05, 0) is 6.42 Å². The van der Waals surface area contributed by atoms with Gasteiger partial charge in [-0.2, -0.15) is 0 Å². The Kier molecular flexibility index (Phi) is 5.77. The van der Waals surface area contributed by atoms with Gasteiger partial charge in [-0.3, -0.25) is 10.0 Å². The van der Waals surface area contributed by atoms with Gasteiger partial charge in [0, 0.05) is 6.08 Å². The van der Waals surface area contributed by atoms with Crippen LogP contribution >= 0.6 is 0 Å². The van der Waals surface area contributed by atoms with Crippen molar-refractivity contribution in [3.63, 3.8) is 0 Å². The van der Waals surface area contributed by atoms with Crippen LogP contribution in [0.4, 0.5) is 0 Å². The second-order valence-corrected chi connectivity index (χ2v) is 2.02. The summed E-state index contributed by atoms with van der Waals surface area (Å²) in [6.07, 6.45) is 6.16. The number of hydrogen-bond acceptors (Lipinski definition) is 2. The zero-order valence-electron chi connectivity index (χ0n) is 6.13. The van der Waals surface area contributed by atoms with Crippen LogP contribution in [0.5, 0.6) is 0 Å². The van der Waals surface area contributed by atoms with Gasteiger partial charge in [0.25, 0.3) is 5.91 Å². The van der Waals surface area contributed by atoms with Crippen LogP contribution in [0, 0.1) is 0 Å². The molecule has 2 N–H and O–H groups in total. The highest BCUT2D eigenvalue weighted by Crippen LogP contribution is 1.93. The predicted octanol–water partition coefficient (Wildman–Crippen LogP) is 1.24.